The van der Waals surface area contributed by atoms with Gasteiger partial charge in [0.15, 0.2) is 5.96 Å². The third kappa shape index (κ3) is 4.73. The number of benzene rings is 1. The molecule has 1 aromatic rings. The zero-order chi connectivity index (χ0) is 15.8. The molecule has 1 atom stereocenters. The van der Waals surface area contributed by atoms with Crippen LogP contribution < -0.4 is 5.73 Å². The number of hydrogen-bond donors (Lipinski definition) is 1. The second kappa shape index (κ2) is 8.79. The minimum atomic E-state index is 0.517. The van der Waals surface area contributed by atoms with Crippen LogP contribution in [-0.4, -0.2) is 48.0 Å². The molecule has 122 valence electrons. The molecule has 2 N–H and O–H groups in total. The highest BCUT2D eigenvalue weighted by atomic mass is 15.3. The highest BCUT2D eigenvalue weighted by Gasteiger charge is 2.22. The van der Waals surface area contributed by atoms with Gasteiger partial charge in [-0.25, -0.2) is 0 Å². The van der Waals surface area contributed by atoms with Crippen LogP contribution in [0.15, 0.2) is 35.3 Å². The van der Waals surface area contributed by atoms with Crippen LogP contribution in [0.4, 0.5) is 0 Å². The Morgan fingerprint density at radius 1 is 1.23 bits per heavy atom. The van der Waals surface area contributed by atoms with Crippen LogP contribution in [-0.2, 0) is 6.54 Å². The summed E-state index contributed by atoms with van der Waals surface area (Å²) in [4.78, 5) is 9.34. The molecular formula is C18H30N4. The lowest BCUT2D eigenvalue weighted by atomic mass is 10.0. The van der Waals surface area contributed by atoms with Gasteiger partial charge in [-0.2, -0.15) is 0 Å². The summed E-state index contributed by atoms with van der Waals surface area (Å²) in [5.74, 6) is 0.690. The Morgan fingerprint density at radius 3 is 2.64 bits per heavy atom. The fourth-order valence-electron chi connectivity index (χ4n) is 3.14. The monoisotopic (exact) mass is 302 g/mol. The third-order valence-electron chi connectivity index (χ3n) is 4.53. The Morgan fingerprint density at radius 2 is 1.95 bits per heavy atom. The molecule has 2 rings (SSSR count). The first-order chi connectivity index (χ1) is 10.7. The average Bonchev–Trinajstić information content (AvgIpc) is 2.56. The maximum absolute atomic E-state index is 6.11. The van der Waals surface area contributed by atoms with Crippen LogP contribution in [0.25, 0.3) is 0 Å². The summed E-state index contributed by atoms with van der Waals surface area (Å²) in [7, 11) is 0. The Kier molecular flexibility index (Phi) is 6.72. The van der Waals surface area contributed by atoms with E-state index in [9.17, 15) is 0 Å². The average molecular weight is 302 g/mol. The Bertz CT molecular complexity index is 453. The number of hydrogen-bond acceptors (Lipinski definition) is 2. The van der Waals surface area contributed by atoms with Crippen LogP contribution >= 0.6 is 0 Å². The predicted molar refractivity (Wildman–Crippen MR) is 93.9 cm³/mol. The van der Waals surface area contributed by atoms with Gasteiger partial charge in [-0.3, -0.25) is 9.89 Å². The van der Waals surface area contributed by atoms with Gasteiger partial charge in [0, 0.05) is 25.7 Å². The van der Waals surface area contributed by atoms with Crippen LogP contribution in [0.3, 0.4) is 0 Å². The number of aliphatic imine (C=N–C) groups is 1. The van der Waals surface area contributed by atoms with Gasteiger partial charge < -0.3 is 10.6 Å². The van der Waals surface area contributed by atoms with E-state index in [1.54, 1.807) is 0 Å². The summed E-state index contributed by atoms with van der Waals surface area (Å²) in [6.45, 7) is 9.08. The van der Waals surface area contributed by atoms with E-state index in [1.807, 2.05) is 0 Å². The van der Waals surface area contributed by atoms with Crippen molar-refractivity contribution in [3.8, 4) is 0 Å². The number of likely N-dealkylation sites (tertiary alicyclic amines) is 1. The molecule has 1 unspecified atom stereocenters. The largest absolute Gasteiger partial charge is 0.370 e. The standard InChI is InChI=1S/C18H30N4/c1-3-21(4-2)18(19)20-14-17-12-8-9-13-22(17)15-16-10-6-5-7-11-16/h5-7,10-11,17H,3-4,8-9,12-15H2,1-2H3,(H2,19,20). The fourth-order valence-corrected chi connectivity index (χ4v) is 3.14. The highest BCUT2D eigenvalue weighted by molar-refractivity contribution is 5.78. The van der Waals surface area contributed by atoms with Crippen molar-refractivity contribution in [1.29, 1.82) is 0 Å². The molecular weight excluding hydrogens is 272 g/mol. The first-order valence-corrected chi connectivity index (χ1v) is 8.57. The first-order valence-electron chi connectivity index (χ1n) is 8.57. The quantitative estimate of drug-likeness (QED) is 0.649. The van der Waals surface area contributed by atoms with E-state index in [0.717, 1.165) is 26.2 Å². The third-order valence-corrected chi connectivity index (χ3v) is 4.53. The van der Waals surface area contributed by atoms with E-state index in [1.165, 1.54) is 31.4 Å². The molecule has 22 heavy (non-hydrogen) atoms. The summed E-state index contributed by atoms with van der Waals surface area (Å²) in [5, 5.41) is 0. The first kappa shape index (κ1) is 16.8. The number of nitrogens with zero attached hydrogens (tertiary/aromatic N) is 3. The Hall–Kier alpha value is -1.55. The van der Waals surface area contributed by atoms with Crippen LogP contribution in [0.5, 0.6) is 0 Å². The van der Waals surface area contributed by atoms with E-state index >= 15 is 0 Å². The minimum absolute atomic E-state index is 0.517. The van der Waals surface area contributed by atoms with E-state index in [4.69, 9.17) is 5.73 Å². The van der Waals surface area contributed by atoms with Crippen molar-refractivity contribution in [2.24, 2.45) is 10.7 Å². The molecule has 4 heteroatoms. The van der Waals surface area contributed by atoms with Gasteiger partial charge in [0.1, 0.15) is 0 Å². The van der Waals surface area contributed by atoms with Crippen molar-refractivity contribution < 1.29 is 0 Å². The summed E-state index contributed by atoms with van der Waals surface area (Å²) in [5.41, 5.74) is 7.50. The molecule has 0 spiro atoms. The van der Waals surface area contributed by atoms with Crippen molar-refractivity contribution in [3.63, 3.8) is 0 Å². The number of guanidine groups is 1. The summed E-state index contributed by atoms with van der Waals surface area (Å²) in [6.07, 6.45) is 3.82. The zero-order valence-corrected chi connectivity index (χ0v) is 14.0. The second-order valence-electron chi connectivity index (χ2n) is 5.98. The molecule has 0 radical (unpaired) electrons. The fraction of sp³-hybridized carbons (Fsp3) is 0.611. The van der Waals surface area contributed by atoms with Crippen LogP contribution in [0, 0.1) is 0 Å². The normalized spacial score (nSPS) is 20.1. The SMILES string of the molecule is CCN(CC)C(N)=NCC1CCCCN1Cc1ccccc1. The summed E-state index contributed by atoms with van der Waals surface area (Å²) < 4.78 is 0. The Balaban J connectivity index is 1.96. The molecule has 0 amide bonds. The maximum Gasteiger partial charge on any atom is 0.191 e. The zero-order valence-electron chi connectivity index (χ0n) is 14.0. The topological polar surface area (TPSA) is 44.9 Å². The Labute approximate surface area is 135 Å². The molecule has 0 bridgehead atoms. The molecule has 0 aromatic heterocycles. The number of rotatable bonds is 6. The molecule has 1 fully saturated rings. The van der Waals surface area contributed by atoms with E-state index < -0.39 is 0 Å². The van der Waals surface area contributed by atoms with Gasteiger partial charge in [-0.15, -0.1) is 0 Å². The van der Waals surface area contributed by atoms with Crippen molar-refractivity contribution in [3.05, 3.63) is 35.9 Å². The van der Waals surface area contributed by atoms with Crippen molar-refractivity contribution in [1.82, 2.24) is 9.80 Å². The molecule has 1 aliphatic heterocycles. The van der Waals surface area contributed by atoms with Gasteiger partial charge in [0.05, 0.1) is 6.54 Å². The maximum atomic E-state index is 6.11. The molecule has 1 heterocycles. The van der Waals surface area contributed by atoms with Gasteiger partial charge in [0.25, 0.3) is 0 Å². The minimum Gasteiger partial charge on any atom is -0.370 e. The van der Waals surface area contributed by atoms with Gasteiger partial charge >= 0.3 is 0 Å². The molecule has 0 saturated carbocycles. The molecule has 1 saturated heterocycles. The lowest BCUT2D eigenvalue weighted by Gasteiger charge is -2.35. The summed E-state index contributed by atoms with van der Waals surface area (Å²) >= 11 is 0. The molecule has 1 aromatic carbocycles. The van der Waals surface area contributed by atoms with E-state index in [2.05, 4.69) is 59.0 Å². The summed E-state index contributed by atoms with van der Waals surface area (Å²) in [6, 6.07) is 11.2. The van der Waals surface area contributed by atoms with E-state index in [-0.39, 0.29) is 0 Å². The van der Waals surface area contributed by atoms with E-state index in [0.29, 0.717) is 12.0 Å². The lowest BCUT2D eigenvalue weighted by Crippen LogP contribution is -2.42. The van der Waals surface area contributed by atoms with Gasteiger partial charge in [0.2, 0.25) is 0 Å². The number of piperidine rings is 1. The highest BCUT2D eigenvalue weighted by Crippen LogP contribution is 2.20. The molecule has 4 nitrogen and oxygen atoms in total. The van der Waals surface area contributed by atoms with Crippen molar-refractivity contribution >= 4 is 5.96 Å². The number of nitrogens with two attached hydrogens (primary N) is 1. The van der Waals surface area contributed by atoms with Gasteiger partial charge in [-0.1, -0.05) is 36.8 Å². The lowest BCUT2D eigenvalue weighted by molar-refractivity contribution is 0.145. The van der Waals surface area contributed by atoms with Crippen LogP contribution in [0.1, 0.15) is 38.7 Å². The van der Waals surface area contributed by atoms with Crippen molar-refractivity contribution in [2.45, 2.75) is 45.7 Å². The smallest absolute Gasteiger partial charge is 0.191 e. The predicted octanol–water partition coefficient (Wildman–Crippen LogP) is 2.70. The van der Waals surface area contributed by atoms with Crippen LogP contribution in [0.2, 0.25) is 0 Å². The molecule has 0 aliphatic carbocycles. The van der Waals surface area contributed by atoms with Gasteiger partial charge in [-0.05, 0) is 38.8 Å². The second-order valence-corrected chi connectivity index (χ2v) is 5.98. The molecule has 1 aliphatic rings. The van der Waals surface area contributed by atoms with Crippen molar-refractivity contribution in [2.75, 3.05) is 26.2 Å².